The van der Waals surface area contributed by atoms with Crippen LogP contribution in [-0.2, 0) is 11.3 Å². The topological polar surface area (TPSA) is 100 Å². The number of hydrogen-bond donors (Lipinski definition) is 0. The summed E-state index contributed by atoms with van der Waals surface area (Å²) in [5.74, 6) is 1.01. The number of aryl methyl sites for hydroxylation is 2. The summed E-state index contributed by atoms with van der Waals surface area (Å²) in [6, 6.07) is 7.28. The highest BCUT2D eigenvalue weighted by molar-refractivity contribution is 5.91. The molecule has 0 saturated heterocycles. The number of methoxy groups -OCH3 is 1. The minimum atomic E-state index is -0.553. The van der Waals surface area contributed by atoms with E-state index in [0.29, 0.717) is 34.2 Å². The summed E-state index contributed by atoms with van der Waals surface area (Å²) in [6.07, 6.45) is 0. The Kier molecular flexibility index (Phi) is 4.28. The zero-order valence-corrected chi connectivity index (χ0v) is 13.4. The predicted octanol–water partition coefficient (Wildman–Crippen LogP) is 2.71. The van der Waals surface area contributed by atoms with Crippen LogP contribution in [-0.4, -0.2) is 28.4 Å². The Hall–Kier alpha value is -3.16. The van der Waals surface area contributed by atoms with Crippen LogP contribution in [0.4, 0.5) is 0 Å². The van der Waals surface area contributed by atoms with E-state index in [1.165, 1.54) is 0 Å². The summed E-state index contributed by atoms with van der Waals surface area (Å²) in [5, 5.41) is 7.60. The highest BCUT2D eigenvalue weighted by atomic mass is 16.6. The molecule has 0 N–H and O–H groups in total. The molecule has 0 unspecified atom stereocenters. The van der Waals surface area contributed by atoms with Crippen LogP contribution in [0.1, 0.15) is 27.7 Å². The number of carbonyl (C=O) groups is 1. The van der Waals surface area contributed by atoms with Crippen molar-refractivity contribution >= 4 is 5.97 Å². The van der Waals surface area contributed by atoms with Gasteiger partial charge in [-0.1, -0.05) is 22.4 Å². The molecule has 3 aromatic rings. The number of ether oxygens (including phenoxy) is 2. The molecule has 0 spiro atoms. The second-order valence-corrected chi connectivity index (χ2v) is 4.99. The average molecular weight is 329 g/mol. The minimum absolute atomic E-state index is 0.148. The lowest BCUT2D eigenvalue weighted by molar-refractivity contribution is 0.0427. The number of rotatable bonds is 5. The Morgan fingerprint density at radius 2 is 1.96 bits per heavy atom. The van der Waals surface area contributed by atoms with E-state index in [-0.39, 0.29) is 12.5 Å². The molecule has 0 amide bonds. The highest BCUT2D eigenvalue weighted by Crippen LogP contribution is 2.27. The van der Waals surface area contributed by atoms with E-state index in [4.69, 9.17) is 18.5 Å². The van der Waals surface area contributed by atoms with E-state index in [1.807, 2.05) is 18.2 Å². The SMILES string of the molecule is COc1ccccc1-c1noc(COC(=O)c2c(C)noc2C)n1. The summed E-state index contributed by atoms with van der Waals surface area (Å²) in [7, 11) is 1.56. The van der Waals surface area contributed by atoms with Crippen LogP contribution in [0.15, 0.2) is 33.3 Å². The third-order valence-electron chi connectivity index (χ3n) is 3.38. The van der Waals surface area contributed by atoms with Crippen molar-refractivity contribution in [2.45, 2.75) is 20.5 Å². The molecule has 0 saturated carbocycles. The van der Waals surface area contributed by atoms with Gasteiger partial charge in [0.15, 0.2) is 6.61 Å². The summed E-state index contributed by atoms with van der Waals surface area (Å²) in [6.45, 7) is 3.16. The molecule has 0 aliphatic rings. The third-order valence-corrected chi connectivity index (χ3v) is 3.38. The van der Waals surface area contributed by atoms with Gasteiger partial charge in [-0.25, -0.2) is 4.79 Å². The van der Waals surface area contributed by atoms with Gasteiger partial charge in [-0.3, -0.25) is 0 Å². The fourth-order valence-corrected chi connectivity index (χ4v) is 2.23. The quantitative estimate of drug-likeness (QED) is 0.659. The average Bonchev–Trinajstić information content (AvgIpc) is 3.19. The smallest absolute Gasteiger partial charge is 0.344 e. The molecule has 0 fully saturated rings. The van der Waals surface area contributed by atoms with Gasteiger partial charge in [-0.15, -0.1) is 0 Å². The number of aromatic nitrogens is 3. The largest absolute Gasteiger partial charge is 0.496 e. The Bertz CT molecular complexity index is 849. The van der Waals surface area contributed by atoms with Crippen LogP contribution in [0, 0.1) is 13.8 Å². The molecular formula is C16H15N3O5. The number of nitrogens with zero attached hydrogens (tertiary/aromatic N) is 3. The molecule has 1 aromatic carbocycles. The Morgan fingerprint density at radius 1 is 1.17 bits per heavy atom. The van der Waals surface area contributed by atoms with Crippen molar-refractivity contribution in [3.05, 3.63) is 47.2 Å². The first-order valence-corrected chi connectivity index (χ1v) is 7.16. The highest BCUT2D eigenvalue weighted by Gasteiger charge is 2.20. The van der Waals surface area contributed by atoms with Crippen molar-refractivity contribution < 1.29 is 23.3 Å². The van der Waals surface area contributed by atoms with Crippen LogP contribution in [0.3, 0.4) is 0 Å². The maximum atomic E-state index is 12.1. The maximum absolute atomic E-state index is 12.1. The van der Waals surface area contributed by atoms with E-state index >= 15 is 0 Å². The second-order valence-electron chi connectivity index (χ2n) is 4.99. The molecule has 8 nitrogen and oxygen atoms in total. The van der Waals surface area contributed by atoms with E-state index < -0.39 is 5.97 Å². The van der Waals surface area contributed by atoms with Crippen LogP contribution >= 0.6 is 0 Å². The molecule has 0 radical (unpaired) electrons. The Balaban J connectivity index is 1.72. The van der Waals surface area contributed by atoms with Gasteiger partial charge in [-0.2, -0.15) is 4.98 Å². The Labute approximate surface area is 137 Å². The number of esters is 1. The predicted molar refractivity (Wildman–Crippen MR) is 81.4 cm³/mol. The molecule has 3 rings (SSSR count). The maximum Gasteiger partial charge on any atom is 0.344 e. The molecule has 2 aromatic heterocycles. The molecule has 0 aliphatic carbocycles. The van der Waals surface area contributed by atoms with Gasteiger partial charge >= 0.3 is 5.97 Å². The van der Waals surface area contributed by atoms with Gasteiger partial charge in [0.25, 0.3) is 5.89 Å². The van der Waals surface area contributed by atoms with E-state index in [0.717, 1.165) is 0 Å². The molecule has 0 bridgehead atoms. The van der Waals surface area contributed by atoms with Gasteiger partial charge in [0.05, 0.1) is 18.4 Å². The van der Waals surface area contributed by atoms with Crippen LogP contribution in [0.5, 0.6) is 5.75 Å². The van der Waals surface area contributed by atoms with Crippen molar-refractivity contribution in [1.29, 1.82) is 0 Å². The van der Waals surface area contributed by atoms with Crippen LogP contribution < -0.4 is 4.74 Å². The minimum Gasteiger partial charge on any atom is -0.496 e. The lowest BCUT2D eigenvalue weighted by Crippen LogP contribution is -2.07. The fourth-order valence-electron chi connectivity index (χ4n) is 2.23. The number of hydrogen-bond acceptors (Lipinski definition) is 8. The standard InChI is InChI=1S/C16H15N3O5/c1-9-14(10(2)23-18-9)16(20)22-8-13-17-15(19-24-13)11-6-4-5-7-12(11)21-3/h4-7H,8H2,1-3H3. The summed E-state index contributed by atoms with van der Waals surface area (Å²) in [5.41, 5.74) is 1.46. The molecule has 0 atom stereocenters. The lowest BCUT2D eigenvalue weighted by atomic mass is 10.2. The summed E-state index contributed by atoms with van der Waals surface area (Å²) in [4.78, 5) is 16.3. The van der Waals surface area contributed by atoms with Crippen molar-refractivity contribution in [3.63, 3.8) is 0 Å². The van der Waals surface area contributed by atoms with Crippen LogP contribution in [0.25, 0.3) is 11.4 Å². The first kappa shape index (κ1) is 15.7. The van der Waals surface area contributed by atoms with Gasteiger partial charge in [-0.05, 0) is 26.0 Å². The van der Waals surface area contributed by atoms with Crippen LogP contribution in [0.2, 0.25) is 0 Å². The molecule has 124 valence electrons. The molecule has 24 heavy (non-hydrogen) atoms. The Morgan fingerprint density at radius 3 is 2.67 bits per heavy atom. The normalized spacial score (nSPS) is 10.6. The van der Waals surface area contributed by atoms with Gasteiger partial charge in [0.1, 0.15) is 17.1 Å². The van der Waals surface area contributed by atoms with Gasteiger partial charge in [0.2, 0.25) is 5.82 Å². The lowest BCUT2D eigenvalue weighted by Gasteiger charge is -2.03. The van der Waals surface area contributed by atoms with Crippen molar-refractivity contribution in [2.75, 3.05) is 7.11 Å². The fraction of sp³-hybridized carbons (Fsp3) is 0.250. The molecule has 2 heterocycles. The first-order valence-electron chi connectivity index (χ1n) is 7.16. The zero-order valence-electron chi connectivity index (χ0n) is 13.4. The number of benzene rings is 1. The molecule has 0 aliphatic heterocycles. The van der Waals surface area contributed by atoms with Crippen molar-refractivity contribution in [2.24, 2.45) is 0 Å². The van der Waals surface area contributed by atoms with Gasteiger partial charge < -0.3 is 18.5 Å². The number of para-hydroxylation sites is 1. The molecular weight excluding hydrogens is 314 g/mol. The van der Waals surface area contributed by atoms with Gasteiger partial charge in [0, 0.05) is 0 Å². The third kappa shape index (κ3) is 2.98. The summed E-state index contributed by atoms with van der Waals surface area (Å²) < 4.78 is 20.5. The van der Waals surface area contributed by atoms with E-state index in [1.54, 1.807) is 27.0 Å². The van der Waals surface area contributed by atoms with E-state index in [9.17, 15) is 4.79 Å². The van der Waals surface area contributed by atoms with Crippen molar-refractivity contribution in [3.8, 4) is 17.1 Å². The van der Waals surface area contributed by atoms with E-state index in [2.05, 4.69) is 15.3 Å². The monoisotopic (exact) mass is 329 g/mol. The summed E-state index contributed by atoms with van der Waals surface area (Å²) >= 11 is 0. The van der Waals surface area contributed by atoms with Crippen molar-refractivity contribution in [1.82, 2.24) is 15.3 Å². The zero-order chi connectivity index (χ0) is 17.1. The second kappa shape index (κ2) is 6.53. The molecule has 8 heteroatoms. The number of carbonyl (C=O) groups excluding carboxylic acids is 1. The first-order chi connectivity index (χ1) is 11.6.